The smallest absolute Gasteiger partial charge is 0.164 e. The second kappa shape index (κ2) is 2.41. The van der Waals surface area contributed by atoms with Gasteiger partial charge in [-0.15, -0.1) is 0 Å². The fourth-order valence-corrected chi connectivity index (χ4v) is 0.0647. The zero-order valence-electron chi connectivity index (χ0n) is 4.29. The van der Waals surface area contributed by atoms with Gasteiger partial charge in [0, 0.05) is 7.05 Å². The minimum absolute atomic E-state index is 0.167. The molecule has 7 heavy (non-hydrogen) atoms. The summed E-state index contributed by atoms with van der Waals surface area (Å²) < 4.78 is 0. The van der Waals surface area contributed by atoms with Crippen LogP contribution in [0.1, 0.15) is 6.92 Å². The number of oxime groups is 1. The van der Waals surface area contributed by atoms with Crippen LogP contribution in [0.15, 0.2) is 5.16 Å². The summed E-state index contributed by atoms with van der Waals surface area (Å²) in [6.45, 7) is 1.47. The third-order valence-electron chi connectivity index (χ3n) is 0.613. The molecule has 0 aromatic heterocycles. The Balaban J connectivity index is 3.56. The molecule has 0 saturated heterocycles. The van der Waals surface area contributed by atoms with Crippen LogP contribution >= 0.6 is 0 Å². The SMILES string of the molecule is CC(=NO)N(C)O. The second-order valence-corrected chi connectivity index (χ2v) is 1.17. The van der Waals surface area contributed by atoms with E-state index in [1.807, 2.05) is 0 Å². The number of amidine groups is 1. The molecule has 4 heteroatoms. The van der Waals surface area contributed by atoms with E-state index in [1.165, 1.54) is 14.0 Å². The van der Waals surface area contributed by atoms with Crippen molar-refractivity contribution in [3.8, 4) is 0 Å². The topological polar surface area (TPSA) is 56.1 Å². The largest absolute Gasteiger partial charge is 0.409 e. The van der Waals surface area contributed by atoms with Crippen LogP contribution in [0.2, 0.25) is 0 Å². The van der Waals surface area contributed by atoms with E-state index in [2.05, 4.69) is 5.16 Å². The lowest BCUT2D eigenvalue weighted by atomic mass is 10.7. The van der Waals surface area contributed by atoms with Crippen molar-refractivity contribution in [3.63, 3.8) is 0 Å². The van der Waals surface area contributed by atoms with E-state index >= 15 is 0 Å². The van der Waals surface area contributed by atoms with Crippen LogP contribution < -0.4 is 0 Å². The maximum Gasteiger partial charge on any atom is 0.164 e. The molecule has 4 nitrogen and oxygen atoms in total. The van der Waals surface area contributed by atoms with Crippen molar-refractivity contribution in [2.45, 2.75) is 6.92 Å². The van der Waals surface area contributed by atoms with Crippen LogP contribution in [0.25, 0.3) is 0 Å². The van der Waals surface area contributed by atoms with E-state index in [4.69, 9.17) is 10.4 Å². The predicted octanol–water partition coefficient (Wildman–Crippen LogP) is 0.115. The molecule has 0 aliphatic heterocycles. The van der Waals surface area contributed by atoms with Gasteiger partial charge >= 0.3 is 0 Å². The molecule has 0 aliphatic carbocycles. The summed E-state index contributed by atoms with van der Waals surface area (Å²) in [5.74, 6) is 0.167. The van der Waals surface area contributed by atoms with Gasteiger partial charge in [0.05, 0.1) is 0 Å². The van der Waals surface area contributed by atoms with Crippen LogP contribution in [0, 0.1) is 0 Å². The van der Waals surface area contributed by atoms with Crippen LogP contribution in [-0.4, -0.2) is 28.4 Å². The zero-order chi connectivity index (χ0) is 5.86. The lowest BCUT2D eigenvalue weighted by Crippen LogP contribution is -2.18. The molecule has 0 unspecified atom stereocenters. The minimum atomic E-state index is 0.167. The summed E-state index contributed by atoms with van der Waals surface area (Å²) in [6, 6.07) is 0. The fourth-order valence-electron chi connectivity index (χ4n) is 0.0647. The summed E-state index contributed by atoms with van der Waals surface area (Å²) in [6.07, 6.45) is 0. The van der Waals surface area contributed by atoms with Crippen molar-refractivity contribution in [1.82, 2.24) is 5.06 Å². The maximum atomic E-state index is 8.36. The third kappa shape index (κ3) is 1.99. The molecule has 42 valence electrons. The summed E-state index contributed by atoms with van der Waals surface area (Å²) in [5, 5.41) is 19.7. The number of nitrogens with zero attached hydrogens (tertiary/aromatic N) is 2. The molecular weight excluding hydrogens is 96.0 g/mol. The van der Waals surface area contributed by atoms with Crippen molar-refractivity contribution in [1.29, 1.82) is 0 Å². The van der Waals surface area contributed by atoms with Gasteiger partial charge in [0.1, 0.15) is 0 Å². The highest BCUT2D eigenvalue weighted by molar-refractivity contribution is 5.77. The summed E-state index contributed by atoms with van der Waals surface area (Å²) in [4.78, 5) is 0. The molecular formula is C3H8N2O2. The molecule has 0 aromatic rings. The summed E-state index contributed by atoms with van der Waals surface area (Å²) in [5.41, 5.74) is 0. The maximum absolute atomic E-state index is 8.36. The number of hydrogen-bond donors (Lipinski definition) is 2. The van der Waals surface area contributed by atoms with Crippen molar-refractivity contribution >= 4 is 5.84 Å². The highest BCUT2D eigenvalue weighted by Crippen LogP contribution is 1.75. The molecule has 0 fully saturated rings. The average molecular weight is 104 g/mol. The minimum Gasteiger partial charge on any atom is -0.409 e. The Morgan fingerprint density at radius 1 is 1.71 bits per heavy atom. The van der Waals surface area contributed by atoms with Crippen molar-refractivity contribution in [3.05, 3.63) is 0 Å². The van der Waals surface area contributed by atoms with Crippen molar-refractivity contribution < 1.29 is 10.4 Å². The summed E-state index contributed by atoms with van der Waals surface area (Å²) >= 11 is 0. The van der Waals surface area contributed by atoms with E-state index in [9.17, 15) is 0 Å². The van der Waals surface area contributed by atoms with Gasteiger partial charge in [0.25, 0.3) is 0 Å². The third-order valence-corrected chi connectivity index (χ3v) is 0.613. The number of rotatable bonds is 0. The number of hydrogen-bond acceptors (Lipinski definition) is 3. The molecule has 0 bridgehead atoms. The molecule has 0 rings (SSSR count). The first kappa shape index (κ1) is 6.23. The normalized spacial score (nSPS) is 11.6. The van der Waals surface area contributed by atoms with Crippen molar-refractivity contribution in [2.24, 2.45) is 5.16 Å². The Labute approximate surface area is 41.6 Å². The fraction of sp³-hybridized carbons (Fsp3) is 0.667. The Morgan fingerprint density at radius 2 is 2.14 bits per heavy atom. The highest BCUT2D eigenvalue weighted by Gasteiger charge is 1.90. The van der Waals surface area contributed by atoms with Gasteiger partial charge in [-0.05, 0) is 6.92 Å². The van der Waals surface area contributed by atoms with E-state index < -0.39 is 0 Å². The van der Waals surface area contributed by atoms with E-state index in [0.717, 1.165) is 5.06 Å². The van der Waals surface area contributed by atoms with Gasteiger partial charge in [-0.1, -0.05) is 5.16 Å². The van der Waals surface area contributed by atoms with Crippen LogP contribution in [0.4, 0.5) is 0 Å². The quantitative estimate of drug-likeness (QED) is 0.198. The van der Waals surface area contributed by atoms with Gasteiger partial charge in [-0.3, -0.25) is 5.21 Å². The van der Waals surface area contributed by atoms with Crippen molar-refractivity contribution in [2.75, 3.05) is 7.05 Å². The monoisotopic (exact) mass is 104 g/mol. The average Bonchev–Trinajstić information content (AvgIpc) is 1.65. The van der Waals surface area contributed by atoms with Gasteiger partial charge in [0.15, 0.2) is 5.84 Å². The summed E-state index contributed by atoms with van der Waals surface area (Å²) in [7, 11) is 1.37. The van der Waals surface area contributed by atoms with Gasteiger partial charge in [0.2, 0.25) is 0 Å². The molecule has 0 radical (unpaired) electrons. The Hall–Kier alpha value is -0.770. The number of hydroxylamine groups is 2. The first-order valence-electron chi connectivity index (χ1n) is 1.79. The zero-order valence-corrected chi connectivity index (χ0v) is 4.29. The Bertz CT molecular complexity index is 79.0. The van der Waals surface area contributed by atoms with Crippen LogP contribution in [-0.2, 0) is 0 Å². The highest BCUT2D eigenvalue weighted by atomic mass is 16.5. The lowest BCUT2D eigenvalue weighted by Gasteiger charge is -2.04. The lowest BCUT2D eigenvalue weighted by molar-refractivity contribution is 0.00920. The first-order valence-corrected chi connectivity index (χ1v) is 1.79. The Kier molecular flexibility index (Phi) is 2.15. The molecule has 0 heterocycles. The van der Waals surface area contributed by atoms with Gasteiger partial charge < -0.3 is 5.21 Å². The Morgan fingerprint density at radius 3 is 2.14 bits per heavy atom. The standard InChI is InChI=1S/C3H8N2O2/c1-3(4-6)5(2)7/h6-7H,1-2H3. The molecule has 0 aliphatic rings. The molecule has 0 saturated carbocycles. The second-order valence-electron chi connectivity index (χ2n) is 1.17. The van der Waals surface area contributed by atoms with Gasteiger partial charge in [-0.25, -0.2) is 5.06 Å². The van der Waals surface area contributed by atoms with Gasteiger partial charge in [-0.2, -0.15) is 0 Å². The van der Waals surface area contributed by atoms with Crippen LogP contribution in [0.3, 0.4) is 0 Å². The molecule has 2 N–H and O–H groups in total. The molecule has 0 amide bonds. The van der Waals surface area contributed by atoms with Crippen LogP contribution in [0.5, 0.6) is 0 Å². The molecule has 0 atom stereocenters. The van der Waals surface area contributed by atoms with E-state index in [-0.39, 0.29) is 5.84 Å². The molecule has 0 aromatic carbocycles. The predicted molar refractivity (Wildman–Crippen MR) is 24.4 cm³/mol. The first-order chi connectivity index (χ1) is 3.18. The molecule has 0 spiro atoms. The van der Waals surface area contributed by atoms with E-state index in [0.29, 0.717) is 0 Å². The van der Waals surface area contributed by atoms with E-state index in [1.54, 1.807) is 0 Å².